The number of carboxylic acid groups (broad SMARTS) is 1. The normalized spacial score (nSPS) is 14.1. The van der Waals surface area contributed by atoms with Gasteiger partial charge in [-0.15, -0.1) is 0 Å². The van der Waals surface area contributed by atoms with E-state index in [-0.39, 0.29) is 51.9 Å². The predicted molar refractivity (Wildman–Crippen MR) is 148 cm³/mol. The summed E-state index contributed by atoms with van der Waals surface area (Å²) in [5.41, 5.74) is 2.02. The van der Waals surface area contributed by atoms with E-state index in [0.717, 1.165) is 6.26 Å². The third kappa shape index (κ3) is 5.81. The number of sulfone groups is 1. The number of carbonyl (C=O) groups excluding carboxylic acids is 2. The molecule has 3 heterocycles. The van der Waals surface area contributed by atoms with Gasteiger partial charge in [0.15, 0.2) is 0 Å². The molecular formula is C27H22Cl2FN3O7S. The van der Waals surface area contributed by atoms with E-state index in [1.54, 1.807) is 17.0 Å². The van der Waals surface area contributed by atoms with Gasteiger partial charge in [0.2, 0.25) is 14.9 Å². The highest BCUT2D eigenvalue weighted by Crippen LogP contribution is 2.35. The molecule has 41 heavy (non-hydrogen) atoms. The Kier molecular flexibility index (Phi) is 7.58. The van der Waals surface area contributed by atoms with Crippen LogP contribution in [0.5, 0.6) is 0 Å². The molecule has 3 N–H and O–H groups in total. The summed E-state index contributed by atoms with van der Waals surface area (Å²) < 4.78 is 42.1. The number of furan rings is 1. The third-order valence-corrected chi connectivity index (χ3v) is 8.41. The molecule has 0 fully saturated rings. The maximum Gasteiger partial charge on any atom is 0.326 e. The predicted octanol–water partition coefficient (Wildman–Crippen LogP) is 4.23. The van der Waals surface area contributed by atoms with Crippen LogP contribution in [-0.4, -0.2) is 60.0 Å². The van der Waals surface area contributed by atoms with Crippen LogP contribution >= 0.6 is 23.2 Å². The average Bonchev–Trinajstić information content (AvgIpc) is 3.54. The Balaban J connectivity index is 1.34. The van der Waals surface area contributed by atoms with Crippen LogP contribution in [0.2, 0.25) is 10.0 Å². The topological polar surface area (TPSA) is 150 Å². The van der Waals surface area contributed by atoms with Crippen LogP contribution in [0.25, 0.3) is 10.9 Å². The minimum Gasteiger partial charge on any atom is -0.480 e. The average molecular weight is 622 g/mol. The molecule has 1 atom stereocenters. The second kappa shape index (κ2) is 10.8. The molecule has 214 valence electrons. The van der Waals surface area contributed by atoms with E-state index in [0.29, 0.717) is 34.1 Å². The highest BCUT2D eigenvalue weighted by molar-refractivity contribution is 7.90. The van der Waals surface area contributed by atoms with Gasteiger partial charge in [0.05, 0.1) is 15.6 Å². The Morgan fingerprint density at radius 2 is 1.93 bits per heavy atom. The second-order valence-electron chi connectivity index (χ2n) is 9.64. The van der Waals surface area contributed by atoms with E-state index in [1.165, 1.54) is 30.3 Å². The van der Waals surface area contributed by atoms with Crippen LogP contribution in [0.3, 0.4) is 0 Å². The summed E-state index contributed by atoms with van der Waals surface area (Å²) in [6, 6.07) is 8.32. The minimum absolute atomic E-state index is 0.0388. The fourth-order valence-corrected chi connectivity index (χ4v) is 6.06. The molecule has 2 aromatic heterocycles. The molecule has 4 aromatic rings. The lowest BCUT2D eigenvalue weighted by atomic mass is 9.96. The second-order valence-corrected chi connectivity index (χ2v) is 12.4. The van der Waals surface area contributed by atoms with Crippen LogP contribution in [0.15, 0.2) is 52.0 Å². The van der Waals surface area contributed by atoms with Crippen LogP contribution in [0.4, 0.5) is 4.39 Å². The molecule has 0 spiro atoms. The summed E-state index contributed by atoms with van der Waals surface area (Å²) in [5, 5.41) is 12.3. The molecule has 10 nitrogen and oxygen atoms in total. The maximum absolute atomic E-state index is 13.6. The first-order valence-electron chi connectivity index (χ1n) is 12.2. The van der Waals surface area contributed by atoms with E-state index >= 15 is 0 Å². The van der Waals surface area contributed by atoms with Gasteiger partial charge < -0.3 is 24.7 Å². The number of carbonyl (C=O) groups is 3. The van der Waals surface area contributed by atoms with Crippen molar-refractivity contribution in [2.75, 3.05) is 12.8 Å². The number of hydrogen-bond acceptors (Lipinski definition) is 6. The number of aromatic amines is 1. The smallest absolute Gasteiger partial charge is 0.326 e. The molecule has 2 aromatic carbocycles. The van der Waals surface area contributed by atoms with Crippen molar-refractivity contribution in [1.29, 1.82) is 0 Å². The minimum atomic E-state index is -3.63. The van der Waals surface area contributed by atoms with Gasteiger partial charge in [0, 0.05) is 36.7 Å². The van der Waals surface area contributed by atoms with Crippen LogP contribution in [0, 0.1) is 5.82 Å². The van der Waals surface area contributed by atoms with Crippen molar-refractivity contribution in [1.82, 2.24) is 15.2 Å². The number of halogens is 3. The number of hydrogen-bond donors (Lipinski definition) is 3. The van der Waals surface area contributed by atoms with Crippen LogP contribution in [0.1, 0.15) is 37.7 Å². The van der Waals surface area contributed by atoms with E-state index in [9.17, 15) is 32.3 Å². The van der Waals surface area contributed by atoms with Gasteiger partial charge in [-0.25, -0.2) is 17.6 Å². The van der Waals surface area contributed by atoms with Crippen molar-refractivity contribution in [3.8, 4) is 0 Å². The van der Waals surface area contributed by atoms with Gasteiger partial charge in [-0.05, 0) is 60.0 Å². The number of aromatic nitrogens is 1. The SMILES string of the molecule is CS(=O)(=O)c1ccc(C[C@H](NC(=O)c2c(Cl)cc3c(c2Cl)CCN(C(=O)c2cc4cc(F)ccc4[nH]2)C3)C(=O)O)o1. The zero-order chi connectivity index (χ0) is 29.6. The van der Waals surface area contributed by atoms with Gasteiger partial charge >= 0.3 is 5.97 Å². The molecule has 1 aliphatic heterocycles. The first kappa shape index (κ1) is 28.7. The van der Waals surface area contributed by atoms with Gasteiger partial charge in [-0.3, -0.25) is 9.59 Å². The molecule has 2 amide bonds. The van der Waals surface area contributed by atoms with Gasteiger partial charge in [-0.1, -0.05) is 23.2 Å². The van der Waals surface area contributed by atoms with Gasteiger partial charge in [-0.2, -0.15) is 0 Å². The molecule has 1 aliphatic rings. The van der Waals surface area contributed by atoms with Gasteiger partial charge in [0.1, 0.15) is 23.3 Å². The lowest BCUT2D eigenvalue weighted by Gasteiger charge is -2.30. The Labute approximate surface area is 242 Å². The molecule has 0 unspecified atom stereocenters. The number of nitrogens with one attached hydrogen (secondary N) is 2. The van der Waals surface area contributed by atoms with Crippen molar-refractivity contribution in [3.63, 3.8) is 0 Å². The Morgan fingerprint density at radius 3 is 2.61 bits per heavy atom. The highest BCUT2D eigenvalue weighted by Gasteiger charge is 2.30. The molecule has 0 radical (unpaired) electrons. The van der Waals surface area contributed by atoms with Crippen molar-refractivity contribution < 1.29 is 36.7 Å². The fraction of sp³-hybridized carbons (Fsp3) is 0.222. The zero-order valence-corrected chi connectivity index (χ0v) is 23.7. The number of carboxylic acids is 1. The van der Waals surface area contributed by atoms with Crippen molar-refractivity contribution in [2.24, 2.45) is 0 Å². The Morgan fingerprint density at radius 1 is 1.17 bits per heavy atom. The van der Waals surface area contributed by atoms with E-state index in [2.05, 4.69) is 10.3 Å². The lowest BCUT2D eigenvalue weighted by Crippen LogP contribution is -2.42. The summed E-state index contributed by atoms with van der Waals surface area (Å²) in [7, 11) is -3.63. The standard InChI is InChI=1S/C27H22Cl2FN3O7S/c1-41(38,39)22-5-3-16(40-22)11-21(27(36)37)32-25(34)23-18(28)9-14-12-33(7-6-17(14)24(23)29)26(35)20-10-13-8-15(30)2-4-19(13)31-20/h2-5,8-10,21,31H,6-7,11-12H2,1H3,(H,32,34)(H,36,37)/t21-/m0/s1. The van der Waals surface area contributed by atoms with Crippen LogP contribution in [-0.2, 0) is 34.0 Å². The number of nitrogens with zero attached hydrogens (tertiary/aromatic N) is 1. The summed E-state index contributed by atoms with van der Waals surface area (Å²) in [5.74, 6) is -2.89. The number of amides is 2. The first-order chi connectivity index (χ1) is 19.3. The maximum atomic E-state index is 13.6. The summed E-state index contributed by atoms with van der Waals surface area (Å²) in [6.45, 7) is 0.426. The number of fused-ring (bicyclic) bond motifs is 2. The molecule has 0 saturated carbocycles. The van der Waals surface area contributed by atoms with E-state index < -0.39 is 33.6 Å². The molecule has 0 saturated heterocycles. The quantitative estimate of drug-likeness (QED) is 0.279. The highest BCUT2D eigenvalue weighted by atomic mass is 35.5. The first-order valence-corrected chi connectivity index (χ1v) is 14.9. The number of rotatable bonds is 7. The summed E-state index contributed by atoms with van der Waals surface area (Å²) in [4.78, 5) is 42.8. The van der Waals surface area contributed by atoms with E-state index in [1.807, 2.05) is 0 Å². The third-order valence-electron chi connectivity index (χ3n) is 6.74. The van der Waals surface area contributed by atoms with Crippen LogP contribution < -0.4 is 5.32 Å². The van der Waals surface area contributed by atoms with E-state index in [4.69, 9.17) is 27.6 Å². The summed E-state index contributed by atoms with van der Waals surface area (Å²) in [6.07, 6.45) is 0.926. The van der Waals surface area contributed by atoms with Gasteiger partial charge in [0.25, 0.3) is 11.8 Å². The summed E-state index contributed by atoms with van der Waals surface area (Å²) >= 11 is 13.0. The molecule has 5 rings (SSSR count). The number of aliphatic carboxylic acids is 1. The molecule has 14 heteroatoms. The molecule has 0 aliphatic carbocycles. The largest absolute Gasteiger partial charge is 0.480 e. The Hall–Kier alpha value is -3.87. The monoisotopic (exact) mass is 621 g/mol. The zero-order valence-electron chi connectivity index (χ0n) is 21.3. The lowest BCUT2D eigenvalue weighted by molar-refractivity contribution is -0.139. The Bertz CT molecular complexity index is 1830. The number of H-pyrrole nitrogens is 1. The molecule has 0 bridgehead atoms. The van der Waals surface area contributed by atoms with Crippen molar-refractivity contribution >= 4 is 61.7 Å². The number of benzene rings is 2. The van der Waals surface area contributed by atoms with Crippen molar-refractivity contribution in [2.45, 2.75) is 30.5 Å². The fourth-order valence-electron chi connectivity index (χ4n) is 4.72. The van der Waals surface area contributed by atoms with Crippen molar-refractivity contribution in [3.05, 3.63) is 86.5 Å². The molecular weight excluding hydrogens is 600 g/mol.